The molecule has 0 atom stereocenters. The van der Waals surface area contributed by atoms with E-state index in [0.29, 0.717) is 0 Å². The average Bonchev–Trinajstić information content (AvgIpc) is 2.54. The number of hydrogen-bond acceptors (Lipinski definition) is 4. The van der Waals surface area contributed by atoms with E-state index in [0.717, 1.165) is 32.7 Å². The minimum atomic E-state index is 0.834. The first-order valence-corrected chi connectivity index (χ1v) is 9.39. The molecular formula is C18H40N4. The Hall–Kier alpha value is -0.740. The van der Waals surface area contributed by atoms with Crippen LogP contribution in [-0.2, 0) is 0 Å². The van der Waals surface area contributed by atoms with Gasteiger partial charge in [0.15, 0.2) is 0 Å². The van der Waals surface area contributed by atoms with Crippen LogP contribution in [0.25, 0.3) is 0 Å². The van der Waals surface area contributed by atoms with Crippen molar-refractivity contribution in [1.29, 1.82) is 0 Å². The zero-order valence-corrected chi connectivity index (χ0v) is 14.9. The molecule has 0 fully saturated rings. The molecule has 0 radical (unpaired) electrons. The molecule has 0 aromatic carbocycles. The van der Waals surface area contributed by atoms with E-state index in [-0.39, 0.29) is 0 Å². The number of rotatable bonds is 17. The molecular weight excluding hydrogens is 272 g/mol. The predicted octanol–water partition coefficient (Wildman–Crippen LogP) is 3.19. The normalized spacial score (nSPS) is 11.2. The van der Waals surface area contributed by atoms with E-state index in [4.69, 9.17) is 11.5 Å². The van der Waals surface area contributed by atoms with Gasteiger partial charge in [-0.2, -0.15) is 0 Å². The second-order valence-electron chi connectivity index (χ2n) is 6.01. The highest BCUT2D eigenvalue weighted by molar-refractivity contribution is 4.79. The second-order valence-corrected chi connectivity index (χ2v) is 6.01. The number of hydrogen-bond donors (Lipinski definition) is 3. The Labute approximate surface area is 138 Å². The Balaban J connectivity index is 3.42. The third-order valence-electron chi connectivity index (χ3n) is 3.98. The van der Waals surface area contributed by atoms with Crippen LogP contribution in [0.15, 0.2) is 12.4 Å². The topological polar surface area (TPSA) is 67.3 Å². The lowest BCUT2D eigenvalue weighted by Gasteiger charge is -2.18. The molecule has 0 aliphatic rings. The van der Waals surface area contributed by atoms with E-state index >= 15 is 0 Å². The summed E-state index contributed by atoms with van der Waals surface area (Å²) >= 11 is 0. The van der Waals surface area contributed by atoms with Crippen molar-refractivity contribution in [3.05, 3.63) is 12.4 Å². The third kappa shape index (κ3) is 15.6. The fraction of sp³-hybridized carbons (Fsp3) is 0.889. The molecule has 4 heteroatoms. The molecule has 4 nitrogen and oxygen atoms in total. The smallest absolute Gasteiger partial charge is 0.0172 e. The highest BCUT2D eigenvalue weighted by Crippen LogP contribution is 2.04. The van der Waals surface area contributed by atoms with Gasteiger partial charge in [0.2, 0.25) is 0 Å². The Bertz CT molecular complexity index is 231. The van der Waals surface area contributed by atoms with Gasteiger partial charge in [-0.15, -0.1) is 0 Å². The van der Waals surface area contributed by atoms with Crippen molar-refractivity contribution in [3.63, 3.8) is 0 Å². The van der Waals surface area contributed by atoms with E-state index in [1.165, 1.54) is 64.2 Å². The van der Waals surface area contributed by atoms with E-state index in [1.54, 1.807) is 0 Å². The zero-order chi connectivity index (χ0) is 16.3. The van der Waals surface area contributed by atoms with Gasteiger partial charge in [0.05, 0.1) is 0 Å². The van der Waals surface area contributed by atoms with E-state index < -0.39 is 0 Å². The zero-order valence-electron chi connectivity index (χ0n) is 14.9. The molecule has 0 rings (SSSR count). The van der Waals surface area contributed by atoms with Gasteiger partial charge in [-0.3, -0.25) is 0 Å². The van der Waals surface area contributed by atoms with E-state index in [2.05, 4.69) is 29.5 Å². The largest absolute Gasteiger partial charge is 0.390 e. The van der Waals surface area contributed by atoms with Gasteiger partial charge in [0, 0.05) is 32.0 Å². The van der Waals surface area contributed by atoms with Crippen LogP contribution >= 0.6 is 0 Å². The van der Waals surface area contributed by atoms with Crippen LogP contribution in [0.1, 0.15) is 71.1 Å². The first-order chi connectivity index (χ1) is 10.8. The Morgan fingerprint density at radius 3 is 1.91 bits per heavy atom. The van der Waals surface area contributed by atoms with Crippen LogP contribution in [0.4, 0.5) is 0 Å². The summed E-state index contributed by atoms with van der Waals surface area (Å²) in [5, 5.41) is 3.40. The van der Waals surface area contributed by atoms with Crippen molar-refractivity contribution in [1.82, 2.24) is 10.2 Å². The lowest BCUT2D eigenvalue weighted by atomic mass is 10.1. The van der Waals surface area contributed by atoms with E-state index in [9.17, 15) is 0 Å². The monoisotopic (exact) mass is 312 g/mol. The van der Waals surface area contributed by atoms with Crippen molar-refractivity contribution in [2.45, 2.75) is 71.1 Å². The molecule has 0 aromatic rings. The summed E-state index contributed by atoms with van der Waals surface area (Å²) in [6.07, 6.45) is 17.0. The summed E-state index contributed by atoms with van der Waals surface area (Å²) in [6.45, 7) is 7.21. The van der Waals surface area contributed by atoms with Crippen LogP contribution in [0.3, 0.4) is 0 Å². The maximum absolute atomic E-state index is 5.50. The van der Waals surface area contributed by atoms with Gasteiger partial charge < -0.3 is 21.7 Å². The van der Waals surface area contributed by atoms with Crippen molar-refractivity contribution in [3.8, 4) is 0 Å². The van der Waals surface area contributed by atoms with Gasteiger partial charge in [-0.05, 0) is 45.7 Å². The summed E-state index contributed by atoms with van der Waals surface area (Å²) in [7, 11) is 0. The standard InChI is InChI=1S/C18H40N4/c1-2-22(17-12-8-4-6-10-14-20)18-16-21-15-11-7-3-5-9-13-19/h16,18,21H,2-15,17,19-20H2,1H3/b18-16-. The summed E-state index contributed by atoms with van der Waals surface area (Å²) in [4.78, 5) is 2.39. The maximum atomic E-state index is 5.50. The highest BCUT2D eigenvalue weighted by atomic mass is 15.1. The quantitative estimate of drug-likeness (QED) is 0.361. The van der Waals surface area contributed by atoms with Crippen LogP contribution in [0, 0.1) is 0 Å². The number of nitrogens with two attached hydrogens (primary N) is 2. The molecule has 0 saturated carbocycles. The molecule has 132 valence electrons. The minimum Gasteiger partial charge on any atom is -0.390 e. The van der Waals surface area contributed by atoms with Crippen molar-refractivity contribution < 1.29 is 0 Å². The lowest BCUT2D eigenvalue weighted by Crippen LogP contribution is -2.19. The molecule has 0 bridgehead atoms. The Kier molecular flexibility index (Phi) is 17.7. The molecule has 0 saturated heterocycles. The molecule has 0 aliphatic heterocycles. The maximum Gasteiger partial charge on any atom is 0.0172 e. The average molecular weight is 313 g/mol. The number of nitrogens with one attached hydrogen (secondary N) is 1. The Morgan fingerprint density at radius 2 is 1.32 bits per heavy atom. The fourth-order valence-corrected chi connectivity index (χ4v) is 2.47. The predicted molar refractivity (Wildman–Crippen MR) is 98.7 cm³/mol. The molecule has 0 amide bonds. The number of nitrogens with zero attached hydrogens (tertiary/aromatic N) is 1. The van der Waals surface area contributed by atoms with Crippen molar-refractivity contribution in [2.24, 2.45) is 11.5 Å². The van der Waals surface area contributed by atoms with Crippen LogP contribution < -0.4 is 16.8 Å². The van der Waals surface area contributed by atoms with Gasteiger partial charge in [-0.1, -0.05) is 38.5 Å². The molecule has 0 spiro atoms. The van der Waals surface area contributed by atoms with Crippen LogP contribution in [-0.4, -0.2) is 37.6 Å². The van der Waals surface area contributed by atoms with Gasteiger partial charge >= 0.3 is 0 Å². The van der Waals surface area contributed by atoms with Crippen LogP contribution in [0.2, 0.25) is 0 Å². The summed E-state index contributed by atoms with van der Waals surface area (Å²) in [5.41, 5.74) is 11.0. The lowest BCUT2D eigenvalue weighted by molar-refractivity contribution is 0.377. The first-order valence-electron chi connectivity index (χ1n) is 9.39. The molecule has 22 heavy (non-hydrogen) atoms. The van der Waals surface area contributed by atoms with Gasteiger partial charge in [-0.25, -0.2) is 0 Å². The highest BCUT2D eigenvalue weighted by Gasteiger charge is 1.96. The molecule has 0 heterocycles. The number of unbranched alkanes of at least 4 members (excludes halogenated alkanes) is 8. The van der Waals surface area contributed by atoms with Crippen molar-refractivity contribution >= 4 is 0 Å². The molecule has 0 unspecified atom stereocenters. The minimum absolute atomic E-state index is 0.834. The molecule has 0 aliphatic carbocycles. The van der Waals surface area contributed by atoms with Crippen LogP contribution in [0.5, 0.6) is 0 Å². The summed E-state index contributed by atoms with van der Waals surface area (Å²) < 4.78 is 0. The summed E-state index contributed by atoms with van der Waals surface area (Å²) in [5.74, 6) is 0. The third-order valence-corrected chi connectivity index (χ3v) is 3.98. The summed E-state index contributed by atoms with van der Waals surface area (Å²) in [6, 6.07) is 0. The molecule has 5 N–H and O–H groups in total. The Morgan fingerprint density at radius 1 is 0.773 bits per heavy atom. The molecule has 0 aromatic heterocycles. The van der Waals surface area contributed by atoms with Gasteiger partial charge in [0.25, 0.3) is 0 Å². The van der Waals surface area contributed by atoms with Crippen molar-refractivity contribution in [2.75, 3.05) is 32.7 Å². The van der Waals surface area contributed by atoms with E-state index in [1.807, 2.05) is 0 Å². The first kappa shape index (κ1) is 21.3. The fourth-order valence-electron chi connectivity index (χ4n) is 2.47. The second kappa shape index (κ2) is 18.3. The van der Waals surface area contributed by atoms with Gasteiger partial charge in [0.1, 0.15) is 0 Å². The SMILES string of the molecule is CCN(/C=C\NCCCCCCCN)CCCCCCCN.